The Labute approximate surface area is 191 Å². The first-order valence-corrected chi connectivity index (χ1v) is 11.1. The summed E-state index contributed by atoms with van der Waals surface area (Å²) in [7, 11) is 2.00. The molecule has 0 spiro atoms. The van der Waals surface area contributed by atoms with Crippen molar-refractivity contribution in [1.82, 2.24) is 19.8 Å². The first-order chi connectivity index (χ1) is 15.3. The first-order valence-electron chi connectivity index (χ1n) is 10.3. The number of amides is 1. The Morgan fingerprint density at radius 1 is 1.28 bits per heavy atom. The maximum absolute atomic E-state index is 15.1. The number of likely N-dealkylation sites (N-methyl/N-ethyl adjacent to an activating group) is 1. The molecule has 0 saturated carbocycles. The normalized spacial score (nSPS) is 19.9. The lowest BCUT2D eigenvalue weighted by molar-refractivity contribution is 0.142. The number of alkyl halides is 2. The third kappa shape index (κ3) is 4.42. The summed E-state index contributed by atoms with van der Waals surface area (Å²) in [5.74, 6) is -0.656. The maximum atomic E-state index is 15.1. The van der Waals surface area contributed by atoms with Gasteiger partial charge in [-0.15, -0.1) is 0 Å². The monoisotopic (exact) mass is 517 g/mol. The van der Waals surface area contributed by atoms with Gasteiger partial charge in [0.05, 0.1) is 4.47 Å². The van der Waals surface area contributed by atoms with E-state index in [1.807, 2.05) is 7.05 Å². The molecule has 32 heavy (non-hydrogen) atoms. The molecule has 1 aromatic carbocycles. The van der Waals surface area contributed by atoms with Crippen LogP contribution in [-0.2, 0) is 0 Å². The number of piperazine rings is 1. The minimum atomic E-state index is -2.89. The zero-order valence-electron chi connectivity index (χ0n) is 17.4. The molecule has 174 valence electrons. The maximum Gasteiger partial charge on any atom is 0.407 e. The Bertz CT molecular complexity index is 1020. The van der Waals surface area contributed by atoms with E-state index in [4.69, 9.17) is 4.74 Å². The van der Waals surface area contributed by atoms with Gasteiger partial charge in [0.25, 0.3) is 6.43 Å². The predicted octanol–water partition coefficient (Wildman–Crippen LogP) is 3.74. The highest BCUT2D eigenvalue weighted by atomic mass is 79.9. The highest BCUT2D eigenvalue weighted by Gasteiger charge is 2.28. The first kappa shape index (κ1) is 22.8. The number of likely N-dealkylation sites (tertiary alicyclic amines) is 1. The molecule has 4 rings (SSSR count). The van der Waals surface area contributed by atoms with Crippen molar-refractivity contribution in [2.45, 2.75) is 25.3 Å². The van der Waals surface area contributed by atoms with Gasteiger partial charge in [0.15, 0.2) is 5.82 Å². The molecule has 0 unspecified atom stereocenters. The van der Waals surface area contributed by atoms with Gasteiger partial charge in [-0.3, -0.25) is 0 Å². The van der Waals surface area contributed by atoms with Crippen LogP contribution in [0.1, 0.15) is 24.8 Å². The predicted molar refractivity (Wildman–Crippen MR) is 115 cm³/mol. The van der Waals surface area contributed by atoms with Crippen LogP contribution in [0.3, 0.4) is 0 Å². The number of aromatic nitrogens is 2. The van der Waals surface area contributed by atoms with Gasteiger partial charge in [-0.05, 0) is 48.4 Å². The molecule has 1 amide bonds. The summed E-state index contributed by atoms with van der Waals surface area (Å²) in [4.78, 5) is 25.0. The second-order valence-electron chi connectivity index (χ2n) is 7.96. The number of rotatable bonds is 5. The number of hydrogen-bond donors (Lipinski definition) is 1. The van der Waals surface area contributed by atoms with Crippen molar-refractivity contribution in [3.05, 3.63) is 21.9 Å². The highest BCUT2D eigenvalue weighted by molar-refractivity contribution is 9.10. The van der Waals surface area contributed by atoms with Crippen molar-refractivity contribution < 1.29 is 27.8 Å². The molecular weight excluding hydrogens is 495 g/mol. The van der Waals surface area contributed by atoms with Crippen LogP contribution in [-0.4, -0.2) is 83.4 Å². The van der Waals surface area contributed by atoms with Crippen molar-refractivity contribution >= 4 is 38.7 Å². The second kappa shape index (κ2) is 9.26. The van der Waals surface area contributed by atoms with Gasteiger partial charge in [0.2, 0.25) is 0 Å². The summed E-state index contributed by atoms with van der Waals surface area (Å²) in [6.45, 7) is 2.28. The van der Waals surface area contributed by atoms with Gasteiger partial charge in [-0.1, -0.05) is 0 Å². The summed E-state index contributed by atoms with van der Waals surface area (Å²) < 4.78 is 47.6. The lowest BCUT2D eigenvalue weighted by Crippen LogP contribution is -2.48. The smallest absolute Gasteiger partial charge is 0.407 e. The number of ether oxygens (including phenoxy) is 1. The highest BCUT2D eigenvalue weighted by Crippen LogP contribution is 2.38. The summed E-state index contributed by atoms with van der Waals surface area (Å²) in [6.07, 6.45) is -1.91. The largest absolute Gasteiger partial charge is 0.465 e. The molecule has 0 bridgehead atoms. The SMILES string of the molecule is CN1CCC[C@H]1COc1nc(N2CCN(C(=O)O)CC2)c2cc(C(F)F)c(Br)c(F)c2n1. The van der Waals surface area contributed by atoms with Crippen molar-refractivity contribution in [3.8, 4) is 6.01 Å². The molecule has 1 aromatic heterocycles. The number of benzene rings is 1. The molecule has 2 fully saturated rings. The third-order valence-corrected chi connectivity index (χ3v) is 6.83. The summed E-state index contributed by atoms with van der Waals surface area (Å²) in [6, 6.07) is 1.33. The van der Waals surface area contributed by atoms with Gasteiger partial charge in [-0.25, -0.2) is 18.0 Å². The lowest BCUT2D eigenvalue weighted by Gasteiger charge is -2.34. The van der Waals surface area contributed by atoms with E-state index in [1.54, 1.807) is 4.90 Å². The van der Waals surface area contributed by atoms with Crippen LogP contribution in [0.25, 0.3) is 10.9 Å². The third-order valence-electron chi connectivity index (χ3n) is 6.02. The Balaban J connectivity index is 1.73. The number of carbonyl (C=O) groups is 1. The quantitative estimate of drug-likeness (QED) is 0.646. The Hall–Kier alpha value is -2.34. The van der Waals surface area contributed by atoms with Crippen molar-refractivity contribution in [1.29, 1.82) is 0 Å². The van der Waals surface area contributed by atoms with Crippen LogP contribution in [0, 0.1) is 5.82 Å². The zero-order valence-corrected chi connectivity index (χ0v) is 19.0. The molecular formula is C20H23BrF3N5O3. The van der Waals surface area contributed by atoms with Crippen molar-refractivity contribution in [2.24, 2.45) is 0 Å². The molecule has 2 aromatic rings. The molecule has 1 N–H and O–H groups in total. The number of hydrogen-bond acceptors (Lipinski definition) is 6. The fourth-order valence-electron chi connectivity index (χ4n) is 4.12. The van der Waals surface area contributed by atoms with E-state index in [0.29, 0.717) is 6.61 Å². The van der Waals surface area contributed by atoms with Crippen molar-refractivity contribution in [2.75, 3.05) is 51.3 Å². The lowest BCUT2D eigenvalue weighted by atomic mass is 10.1. The number of fused-ring (bicyclic) bond motifs is 1. The average molecular weight is 518 g/mol. The molecule has 2 aliphatic rings. The van der Waals surface area contributed by atoms with E-state index in [9.17, 15) is 18.7 Å². The molecule has 1 atom stereocenters. The van der Waals surface area contributed by atoms with E-state index < -0.39 is 23.9 Å². The fourth-order valence-corrected chi connectivity index (χ4v) is 4.60. The summed E-state index contributed by atoms with van der Waals surface area (Å²) >= 11 is 2.92. The van der Waals surface area contributed by atoms with E-state index >= 15 is 4.39 Å². The summed E-state index contributed by atoms with van der Waals surface area (Å²) in [5.41, 5.74) is -0.619. The van der Waals surface area contributed by atoms with Gasteiger partial charge in [0.1, 0.15) is 17.9 Å². The minimum Gasteiger partial charge on any atom is -0.465 e. The van der Waals surface area contributed by atoms with E-state index in [-0.39, 0.29) is 59.4 Å². The van der Waals surface area contributed by atoms with Crippen LogP contribution in [0.4, 0.5) is 23.8 Å². The Morgan fingerprint density at radius 2 is 2.00 bits per heavy atom. The molecule has 3 heterocycles. The number of halogens is 4. The van der Waals surface area contributed by atoms with Crippen LogP contribution < -0.4 is 9.64 Å². The average Bonchev–Trinajstić information content (AvgIpc) is 3.19. The van der Waals surface area contributed by atoms with E-state index in [0.717, 1.165) is 19.4 Å². The zero-order chi connectivity index (χ0) is 23.0. The van der Waals surface area contributed by atoms with Crippen LogP contribution >= 0.6 is 15.9 Å². The molecule has 8 nitrogen and oxygen atoms in total. The molecule has 2 saturated heterocycles. The summed E-state index contributed by atoms with van der Waals surface area (Å²) in [5, 5.41) is 9.32. The van der Waals surface area contributed by atoms with Crippen molar-refractivity contribution in [3.63, 3.8) is 0 Å². The van der Waals surface area contributed by atoms with Crippen LogP contribution in [0.2, 0.25) is 0 Å². The second-order valence-corrected chi connectivity index (χ2v) is 8.76. The standard InChI is InChI=1S/C20H23BrF3N5O3/c1-27-4-2-3-11(27)10-32-19-25-16-13(9-12(17(23)24)14(21)15(16)22)18(26-19)28-5-7-29(8-6-28)20(30)31/h9,11,17H,2-8,10H2,1H3,(H,30,31)/t11-/m0/s1. The molecule has 0 radical (unpaired) electrons. The molecule has 2 aliphatic heterocycles. The number of nitrogens with zero attached hydrogens (tertiary/aromatic N) is 5. The Morgan fingerprint density at radius 3 is 2.59 bits per heavy atom. The minimum absolute atomic E-state index is 0.0379. The van der Waals surface area contributed by atoms with Gasteiger partial charge in [-0.2, -0.15) is 9.97 Å². The topological polar surface area (TPSA) is 82.0 Å². The van der Waals surface area contributed by atoms with E-state index in [2.05, 4.69) is 30.8 Å². The van der Waals surface area contributed by atoms with Gasteiger partial charge < -0.3 is 24.5 Å². The molecule has 0 aliphatic carbocycles. The van der Waals surface area contributed by atoms with Crippen LogP contribution in [0.15, 0.2) is 10.5 Å². The number of carboxylic acid groups (broad SMARTS) is 1. The van der Waals surface area contributed by atoms with Gasteiger partial charge >= 0.3 is 12.1 Å². The van der Waals surface area contributed by atoms with Gasteiger partial charge in [0, 0.05) is 43.2 Å². The molecule has 12 heteroatoms. The Kier molecular flexibility index (Phi) is 6.61. The van der Waals surface area contributed by atoms with E-state index in [1.165, 1.54) is 11.0 Å². The fraction of sp³-hybridized carbons (Fsp3) is 0.550. The number of anilines is 1. The van der Waals surface area contributed by atoms with Crippen LogP contribution in [0.5, 0.6) is 6.01 Å².